The first-order valence-electron chi connectivity index (χ1n) is 10.8. The Labute approximate surface area is 170 Å². The van der Waals surface area contributed by atoms with Crippen molar-refractivity contribution in [2.45, 2.75) is 65.2 Å². The second-order valence-electron chi connectivity index (χ2n) is 7.20. The van der Waals surface area contributed by atoms with Crippen LogP contribution in [0.3, 0.4) is 0 Å². The summed E-state index contributed by atoms with van der Waals surface area (Å²) in [5.74, 6) is 0.484. The van der Waals surface area contributed by atoms with E-state index in [2.05, 4.69) is 13.8 Å². The molecule has 1 aromatic rings. The molecule has 28 heavy (non-hydrogen) atoms. The van der Waals surface area contributed by atoms with Crippen LogP contribution in [0.5, 0.6) is 5.75 Å². The van der Waals surface area contributed by atoms with Gasteiger partial charge < -0.3 is 19.3 Å². The van der Waals surface area contributed by atoms with Crippen molar-refractivity contribution in [1.82, 2.24) is 0 Å². The number of rotatable bonds is 17. The Morgan fingerprint density at radius 1 is 0.893 bits per heavy atom. The van der Waals surface area contributed by atoms with Gasteiger partial charge >= 0.3 is 5.97 Å². The minimum Gasteiger partial charge on any atom is -0.508 e. The van der Waals surface area contributed by atoms with E-state index in [0.29, 0.717) is 24.7 Å². The molecule has 0 saturated heterocycles. The van der Waals surface area contributed by atoms with Gasteiger partial charge in [0.2, 0.25) is 0 Å². The van der Waals surface area contributed by atoms with Crippen LogP contribution < -0.4 is 0 Å². The molecule has 5 nitrogen and oxygen atoms in total. The van der Waals surface area contributed by atoms with Crippen LogP contribution in [0.4, 0.5) is 0 Å². The molecule has 0 heterocycles. The van der Waals surface area contributed by atoms with E-state index in [-0.39, 0.29) is 11.7 Å². The zero-order valence-electron chi connectivity index (χ0n) is 17.7. The predicted octanol–water partition coefficient (Wildman–Crippen LogP) is 5.36. The number of phenolic OH excluding ortho intramolecular Hbond substituents is 1. The molecule has 0 amide bonds. The first-order valence-corrected chi connectivity index (χ1v) is 10.8. The third kappa shape index (κ3) is 12.0. The maximum absolute atomic E-state index is 11.8. The Kier molecular flexibility index (Phi) is 14.3. The first-order chi connectivity index (χ1) is 13.7. The monoisotopic (exact) mass is 394 g/mol. The van der Waals surface area contributed by atoms with Crippen LogP contribution in [0.1, 0.15) is 75.6 Å². The molecule has 0 aliphatic heterocycles. The van der Waals surface area contributed by atoms with E-state index < -0.39 is 0 Å². The molecule has 0 fully saturated rings. The fourth-order valence-electron chi connectivity index (χ4n) is 2.81. The van der Waals surface area contributed by atoms with Crippen molar-refractivity contribution >= 4 is 5.97 Å². The Morgan fingerprint density at radius 2 is 1.50 bits per heavy atom. The van der Waals surface area contributed by atoms with Gasteiger partial charge in [0.05, 0.1) is 12.2 Å². The fourth-order valence-corrected chi connectivity index (χ4v) is 2.81. The standard InChI is InChI=1S/C23H38O5/c1-3-5-10-20(4-2)19-27-17-7-6-15-26-16-8-9-18-28-23(25)21-11-13-22(24)14-12-21/h11-14,20,24H,3-10,15-19H2,1-2H3. The van der Waals surface area contributed by atoms with Gasteiger partial charge in [-0.3, -0.25) is 0 Å². The van der Waals surface area contributed by atoms with Crippen LogP contribution in [0.15, 0.2) is 24.3 Å². The van der Waals surface area contributed by atoms with Crippen LogP contribution in [-0.2, 0) is 14.2 Å². The summed E-state index contributed by atoms with van der Waals surface area (Å²) in [5.41, 5.74) is 0.451. The maximum atomic E-state index is 11.8. The Bertz CT molecular complexity index is 500. The molecular formula is C23H38O5. The van der Waals surface area contributed by atoms with Gasteiger partial charge in [0.1, 0.15) is 5.75 Å². The van der Waals surface area contributed by atoms with E-state index in [1.54, 1.807) is 12.1 Å². The maximum Gasteiger partial charge on any atom is 0.338 e. The van der Waals surface area contributed by atoms with E-state index in [0.717, 1.165) is 45.5 Å². The summed E-state index contributed by atoms with van der Waals surface area (Å²) in [7, 11) is 0. The zero-order valence-corrected chi connectivity index (χ0v) is 17.7. The number of esters is 1. The van der Waals surface area contributed by atoms with Gasteiger partial charge in [0, 0.05) is 26.4 Å². The molecule has 0 aromatic heterocycles. The number of hydrogen-bond acceptors (Lipinski definition) is 5. The molecule has 0 aliphatic rings. The lowest BCUT2D eigenvalue weighted by Gasteiger charge is -2.14. The lowest BCUT2D eigenvalue weighted by Crippen LogP contribution is -2.10. The Balaban J connectivity index is 1.87. The number of ether oxygens (including phenoxy) is 3. The quantitative estimate of drug-likeness (QED) is 0.285. The summed E-state index contributed by atoms with van der Waals surface area (Å²) in [5, 5.41) is 9.20. The fraction of sp³-hybridized carbons (Fsp3) is 0.696. The highest BCUT2D eigenvalue weighted by Gasteiger charge is 2.07. The number of phenols is 1. The second-order valence-corrected chi connectivity index (χ2v) is 7.20. The van der Waals surface area contributed by atoms with Crippen molar-refractivity contribution in [3.05, 3.63) is 29.8 Å². The molecule has 0 saturated carbocycles. The van der Waals surface area contributed by atoms with Crippen molar-refractivity contribution < 1.29 is 24.1 Å². The SMILES string of the molecule is CCCCC(CC)COCCCCOCCCCOC(=O)c1ccc(O)cc1. The zero-order chi connectivity index (χ0) is 20.5. The van der Waals surface area contributed by atoms with Crippen LogP contribution >= 0.6 is 0 Å². The van der Waals surface area contributed by atoms with E-state index in [1.807, 2.05) is 0 Å². The minimum atomic E-state index is -0.360. The predicted molar refractivity (Wildman–Crippen MR) is 112 cm³/mol. The van der Waals surface area contributed by atoms with Gasteiger partial charge in [0.15, 0.2) is 0 Å². The Morgan fingerprint density at radius 3 is 2.11 bits per heavy atom. The molecular weight excluding hydrogens is 356 g/mol. The highest BCUT2D eigenvalue weighted by molar-refractivity contribution is 5.89. The molecule has 0 radical (unpaired) electrons. The number of unbranched alkanes of at least 4 members (excludes halogenated alkanes) is 3. The number of carbonyl (C=O) groups is 1. The van der Waals surface area contributed by atoms with E-state index in [4.69, 9.17) is 14.2 Å². The van der Waals surface area contributed by atoms with Crippen LogP contribution in [0, 0.1) is 5.92 Å². The summed E-state index contributed by atoms with van der Waals surface area (Å²) in [6.07, 6.45) is 8.74. The van der Waals surface area contributed by atoms with Crippen molar-refractivity contribution in [3.8, 4) is 5.75 Å². The number of hydrogen-bond donors (Lipinski definition) is 1. The second kappa shape index (κ2) is 16.4. The normalized spacial score (nSPS) is 12.1. The summed E-state index contributed by atoms with van der Waals surface area (Å²) >= 11 is 0. The molecule has 1 N–H and O–H groups in total. The third-order valence-corrected chi connectivity index (χ3v) is 4.74. The highest BCUT2D eigenvalue weighted by atomic mass is 16.5. The highest BCUT2D eigenvalue weighted by Crippen LogP contribution is 2.13. The molecule has 0 aliphatic carbocycles. The third-order valence-electron chi connectivity index (χ3n) is 4.74. The number of aromatic hydroxyl groups is 1. The van der Waals surface area contributed by atoms with E-state index in [1.165, 1.54) is 37.8 Å². The lowest BCUT2D eigenvalue weighted by atomic mass is 10.0. The Hall–Kier alpha value is -1.59. The molecule has 1 rings (SSSR count). The smallest absolute Gasteiger partial charge is 0.338 e. The number of carbonyl (C=O) groups excluding carboxylic acids is 1. The first kappa shape index (κ1) is 24.4. The van der Waals surface area contributed by atoms with Gasteiger partial charge in [-0.15, -0.1) is 0 Å². The summed E-state index contributed by atoms with van der Waals surface area (Å²) in [4.78, 5) is 11.8. The van der Waals surface area contributed by atoms with Crippen LogP contribution in [0.25, 0.3) is 0 Å². The van der Waals surface area contributed by atoms with Crippen molar-refractivity contribution in [3.63, 3.8) is 0 Å². The van der Waals surface area contributed by atoms with Gasteiger partial charge in [-0.25, -0.2) is 4.79 Å². The molecule has 1 atom stereocenters. The van der Waals surface area contributed by atoms with Gasteiger partial charge in [-0.2, -0.15) is 0 Å². The van der Waals surface area contributed by atoms with Crippen LogP contribution in [-0.4, -0.2) is 44.1 Å². The van der Waals surface area contributed by atoms with Crippen molar-refractivity contribution in [2.75, 3.05) is 33.0 Å². The van der Waals surface area contributed by atoms with Gasteiger partial charge in [0.25, 0.3) is 0 Å². The summed E-state index contributed by atoms with van der Waals surface area (Å²) < 4.78 is 16.6. The van der Waals surface area contributed by atoms with Gasteiger partial charge in [-0.1, -0.05) is 33.1 Å². The van der Waals surface area contributed by atoms with E-state index >= 15 is 0 Å². The largest absolute Gasteiger partial charge is 0.508 e. The molecule has 0 spiro atoms. The molecule has 1 unspecified atom stereocenters. The van der Waals surface area contributed by atoms with Crippen LogP contribution in [0.2, 0.25) is 0 Å². The molecule has 5 heteroatoms. The number of benzene rings is 1. The van der Waals surface area contributed by atoms with Crippen molar-refractivity contribution in [1.29, 1.82) is 0 Å². The average Bonchev–Trinajstić information content (AvgIpc) is 2.71. The molecule has 0 bridgehead atoms. The van der Waals surface area contributed by atoms with Crippen molar-refractivity contribution in [2.24, 2.45) is 5.92 Å². The summed E-state index contributed by atoms with van der Waals surface area (Å²) in [6, 6.07) is 6.06. The molecule has 160 valence electrons. The topological polar surface area (TPSA) is 65.0 Å². The van der Waals surface area contributed by atoms with Gasteiger partial charge in [-0.05, 0) is 62.3 Å². The lowest BCUT2D eigenvalue weighted by molar-refractivity contribution is 0.0478. The average molecular weight is 395 g/mol. The summed E-state index contributed by atoms with van der Waals surface area (Å²) in [6.45, 7) is 8.01. The minimum absolute atomic E-state index is 0.136. The molecule has 1 aromatic carbocycles. The van der Waals surface area contributed by atoms with E-state index in [9.17, 15) is 9.90 Å².